The van der Waals surface area contributed by atoms with Gasteiger partial charge in [0, 0.05) is 16.6 Å². The van der Waals surface area contributed by atoms with Crippen LogP contribution in [0.4, 0.5) is 5.69 Å². The highest BCUT2D eigenvalue weighted by Crippen LogP contribution is 2.45. The summed E-state index contributed by atoms with van der Waals surface area (Å²) in [5.41, 5.74) is 3.56. The van der Waals surface area contributed by atoms with Gasteiger partial charge in [0.05, 0.1) is 27.0 Å². The van der Waals surface area contributed by atoms with Crippen LogP contribution in [0.25, 0.3) is 10.2 Å². The van der Waals surface area contributed by atoms with Gasteiger partial charge in [-0.15, -0.1) is 11.3 Å². The lowest BCUT2D eigenvalue weighted by atomic mass is 10.1. The summed E-state index contributed by atoms with van der Waals surface area (Å²) in [6.07, 6.45) is -0.478. The van der Waals surface area contributed by atoms with Crippen molar-refractivity contribution in [2.45, 2.75) is 20.0 Å². The van der Waals surface area contributed by atoms with Crippen LogP contribution in [-0.4, -0.2) is 32.2 Å². The maximum Gasteiger partial charge on any atom is 0.265 e. The molecule has 1 aliphatic rings. The molecule has 0 aliphatic carbocycles. The molecule has 1 aromatic carbocycles. The summed E-state index contributed by atoms with van der Waals surface area (Å²) in [6, 6.07) is 5.67. The van der Waals surface area contributed by atoms with Crippen LogP contribution in [0.3, 0.4) is 0 Å². The number of pyridine rings is 1. The van der Waals surface area contributed by atoms with Crippen LogP contribution in [0, 0.1) is 13.8 Å². The zero-order valence-electron chi connectivity index (χ0n) is 16.3. The molecule has 3 heterocycles. The number of carbonyl (C=O) groups excluding carboxylic acids is 1. The van der Waals surface area contributed by atoms with Gasteiger partial charge in [-0.25, -0.2) is 4.98 Å². The largest absolute Gasteiger partial charge is 0.493 e. The second-order valence-corrected chi connectivity index (χ2v) is 7.54. The number of thiophene rings is 1. The first-order valence-electron chi connectivity index (χ1n) is 8.75. The van der Waals surface area contributed by atoms with Gasteiger partial charge in [-0.1, -0.05) is 0 Å². The zero-order valence-corrected chi connectivity index (χ0v) is 17.1. The van der Waals surface area contributed by atoms with Crippen LogP contribution >= 0.6 is 11.3 Å². The Bertz CT molecular complexity index is 1090. The number of nitrogens with zero attached hydrogens (tertiary/aromatic N) is 1. The first-order chi connectivity index (χ1) is 13.5. The van der Waals surface area contributed by atoms with Crippen molar-refractivity contribution in [3.05, 3.63) is 39.9 Å². The van der Waals surface area contributed by atoms with Gasteiger partial charge < -0.3 is 24.8 Å². The topological polar surface area (TPSA) is 81.7 Å². The van der Waals surface area contributed by atoms with E-state index in [0.29, 0.717) is 22.1 Å². The second kappa shape index (κ2) is 6.87. The number of aromatic nitrogens is 1. The summed E-state index contributed by atoms with van der Waals surface area (Å²) in [6.45, 7) is 3.99. The number of rotatable bonds is 4. The lowest BCUT2D eigenvalue weighted by Crippen LogP contribution is -2.37. The van der Waals surface area contributed by atoms with Crippen molar-refractivity contribution in [3.63, 3.8) is 0 Å². The molecule has 2 N–H and O–H groups in total. The zero-order chi connectivity index (χ0) is 20.0. The molecule has 0 saturated heterocycles. The van der Waals surface area contributed by atoms with E-state index in [-0.39, 0.29) is 5.91 Å². The molecule has 0 radical (unpaired) electrons. The van der Waals surface area contributed by atoms with Crippen molar-refractivity contribution < 1.29 is 19.0 Å². The van der Waals surface area contributed by atoms with E-state index in [9.17, 15) is 4.79 Å². The van der Waals surface area contributed by atoms with Crippen LogP contribution < -0.4 is 24.8 Å². The molecule has 2 aromatic heterocycles. The molecule has 7 nitrogen and oxygen atoms in total. The number of methoxy groups -OCH3 is 3. The maximum absolute atomic E-state index is 12.8. The van der Waals surface area contributed by atoms with Crippen molar-refractivity contribution in [1.29, 1.82) is 0 Å². The Morgan fingerprint density at radius 3 is 2.46 bits per heavy atom. The second-order valence-electron chi connectivity index (χ2n) is 6.54. The molecule has 0 saturated carbocycles. The quantitative estimate of drug-likeness (QED) is 0.695. The average molecular weight is 399 g/mol. The Morgan fingerprint density at radius 2 is 1.79 bits per heavy atom. The number of amides is 1. The molecule has 146 valence electrons. The van der Waals surface area contributed by atoms with Crippen molar-refractivity contribution >= 4 is 33.1 Å². The predicted octanol–water partition coefficient (Wildman–Crippen LogP) is 3.79. The third kappa shape index (κ3) is 2.72. The highest BCUT2D eigenvalue weighted by molar-refractivity contribution is 7.21. The minimum absolute atomic E-state index is 0.143. The molecule has 28 heavy (non-hydrogen) atoms. The van der Waals surface area contributed by atoms with Crippen LogP contribution in [0.1, 0.15) is 32.7 Å². The van der Waals surface area contributed by atoms with Crippen molar-refractivity contribution in [1.82, 2.24) is 10.3 Å². The number of benzene rings is 1. The van der Waals surface area contributed by atoms with Crippen molar-refractivity contribution in [2.24, 2.45) is 0 Å². The lowest BCUT2D eigenvalue weighted by molar-refractivity contribution is 0.0939. The van der Waals surface area contributed by atoms with Crippen molar-refractivity contribution in [3.8, 4) is 17.2 Å². The van der Waals surface area contributed by atoms with Gasteiger partial charge in [0.2, 0.25) is 5.75 Å². The molecule has 1 aliphatic heterocycles. The van der Waals surface area contributed by atoms with E-state index >= 15 is 0 Å². The Balaban J connectivity index is 1.85. The molecular formula is C20H21N3O4S. The standard InChI is InChI=1S/C20H21N3O4S/c1-9-8-10(2)21-20-13(9)14-17(28-20)19(24)23-18(22-14)11-6-7-12(25-3)16(27-5)15(11)26-4/h6-8,18,22H,1-5H3,(H,23,24). The molecule has 4 rings (SSSR count). The minimum Gasteiger partial charge on any atom is -0.493 e. The van der Waals surface area contributed by atoms with Gasteiger partial charge in [0.1, 0.15) is 15.9 Å². The number of nitrogens with one attached hydrogen (secondary N) is 2. The van der Waals surface area contributed by atoms with Crippen LogP contribution in [0.15, 0.2) is 18.2 Å². The average Bonchev–Trinajstić information content (AvgIpc) is 3.05. The fourth-order valence-corrected chi connectivity index (χ4v) is 4.79. The fraction of sp³-hybridized carbons (Fsp3) is 0.300. The number of carbonyl (C=O) groups is 1. The smallest absolute Gasteiger partial charge is 0.265 e. The third-order valence-corrected chi connectivity index (χ3v) is 5.89. The van der Waals surface area contributed by atoms with Gasteiger partial charge in [-0.05, 0) is 37.6 Å². The van der Waals surface area contributed by atoms with Gasteiger partial charge in [0.15, 0.2) is 11.5 Å². The molecule has 0 spiro atoms. The molecule has 1 amide bonds. The van der Waals surface area contributed by atoms with E-state index in [2.05, 4.69) is 15.6 Å². The van der Waals surface area contributed by atoms with Crippen molar-refractivity contribution in [2.75, 3.05) is 26.6 Å². The van der Waals surface area contributed by atoms with Crippen LogP contribution in [0.5, 0.6) is 17.2 Å². The number of anilines is 1. The molecule has 0 fully saturated rings. The summed E-state index contributed by atoms with van der Waals surface area (Å²) >= 11 is 1.40. The number of aryl methyl sites for hydroxylation is 2. The number of ether oxygens (including phenoxy) is 3. The first-order valence-corrected chi connectivity index (χ1v) is 9.57. The summed E-state index contributed by atoms with van der Waals surface area (Å²) in [7, 11) is 4.69. The highest BCUT2D eigenvalue weighted by Gasteiger charge is 2.32. The summed E-state index contributed by atoms with van der Waals surface area (Å²) < 4.78 is 16.4. The van der Waals surface area contributed by atoms with E-state index in [1.807, 2.05) is 26.0 Å². The Kier molecular flexibility index (Phi) is 4.50. The Hall–Kier alpha value is -3.00. The van der Waals surface area contributed by atoms with E-state index in [0.717, 1.165) is 32.7 Å². The van der Waals surface area contributed by atoms with Gasteiger partial charge >= 0.3 is 0 Å². The normalized spacial score (nSPS) is 15.6. The molecule has 8 heteroatoms. The fourth-order valence-electron chi connectivity index (χ4n) is 3.62. The number of hydrogen-bond acceptors (Lipinski definition) is 7. The maximum atomic E-state index is 12.8. The summed E-state index contributed by atoms with van der Waals surface area (Å²) in [5, 5.41) is 7.43. The lowest BCUT2D eigenvalue weighted by Gasteiger charge is -2.28. The van der Waals surface area contributed by atoms with Crippen LogP contribution in [0.2, 0.25) is 0 Å². The molecular weight excluding hydrogens is 378 g/mol. The highest BCUT2D eigenvalue weighted by atomic mass is 32.1. The first kappa shape index (κ1) is 18.4. The van der Waals surface area contributed by atoms with E-state index in [1.54, 1.807) is 27.4 Å². The van der Waals surface area contributed by atoms with Gasteiger partial charge in [-0.3, -0.25) is 4.79 Å². The summed E-state index contributed by atoms with van der Waals surface area (Å²) in [5.74, 6) is 1.40. The van der Waals surface area contributed by atoms with E-state index < -0.39 is 6.17 Å². The summed E-state index contributed by atoms with van der Waals surface area (Å²) in [4.78, 5) is 18.9. The number of hydrogen-bond donors (Lipinski definition) is 2. The number of fused-ring (bicyclic) bond motifs is 3. The monoisotopic (exact) mass is 399 g/mol. The molecule has 1 unspecified atom stereocenters. The van der Waals surface area contributed by atoms with Gasteiger partial charge in [0.25, 0.3) is 5.91 Å². The minimum atomic E-state index is -0.478. The SMILES string of the molecule is COc1ccc(C2NC(=O)c3sc4nc(C)cc(C)c4c3N2)c(OC)c1OC. The molecule has 0 bridgehead atoms. The van der Waals surface area contributed by atoms with E-state index in [4.69, 9.17) is 14.2 Å². The Labute approximate surface area is 166 Å². The molecule has 1 atom stereocenters. The van der Waals surface area contributed by atoms with E-state index in [1.165, 1.54) is 11.3 Å². The molecule has 3 aromatic rings. The Morgan fingerprint density at radius 1 is 1.04 bits per heavy atom. The third-order valence-electron chi connectivity index (χ3n) is 4.80. The van der Waals surface area contributed by atoms with Crippen LogP contribution in [-0.2, 0) is 0 Å². The van der Waals surface area contributed by atoms with Gasteiger partial charge in [-0.2, -0.15) is 0 Å². The predicted molar refractivity (Wildman–Crippen MR) is 109 cm³/mol.